The van der Waals surface area contributed by atoms with Gasteiger partial charge in [0.25, 0.3) is 11.2 Å². The van der Waals surface area contributed by atoms with Gasteiger partial charge in [0.1, 0.15) is 35.4 Å². The quantitative estimate of drug-likeness (QED) is 0.351. The van der Waals surface area contributed by atoms with Crippen LogP contribution in [0.1, 0.15) is 18.5 Å². The topological polar surface area (TPSA) is 142 Å². The zero-order chi connectivity index (χ0) is 23.0. The number of fused-ring (bicyclic) bond motifs is 1. The van der Waals surface area contributed by atoms with Crippen LogP contribution in [0.4, 0.5) is 14.5 Å². The number of halogens is 2. The van der Waals surface area contributed by atoms with Crippen LogP contribution in [-0.2, 0) is 12.1 Å². The van der Waals surface area contributed by atoms with E-state index >= 15 is 0 Å². The van der Waals surface area contributed by atoms with Crippen molar-refractivity contribution in [3.05, 3.63) is 86.7 Å². The highest BCUT2D eigenvalue weighted by molar-refractivity contribution is 5.79. The van der Waals surface area contributed by atoms with Crippen molar-refractivity contribution in [1.82, 2.24) is 29.8 Å². The molecule has 2 aromatic heterocycles. The van der Waals surface area contributed by atoms with Gasteiger partial charge in [0.15, 0.2) is 0 Å². The van der Waals surface area contributed by atoms with E-state index in [1.807, 2.05) is 0 Å². The van der Waals surface area contributed by atoms with Gasteiger partial charge < -0.3 is 5.11 Å². The fraction of sp³-hybridized carbons (Fsp3) is 0.211. The molecule has 0 fully saturated rings. The molecule has 0 radical (unpaired) electrons. The molecular formula is C19H15F2N7O4. The first kappa shape index (κ1) is 21.1. The Morgan fingerprint density at radius 2 is 2.03 bits per heavy atom. The number of aliphatic hydroxyl groups is 1. The van der Waals surface area contributed by atoms with Crippen LogP contribution in [0, 0.1) is 21.7 Å². The van der Waals surface area contributed by atoms with Crippen molar-refractivity contribution < 1.29 is 18.8 Å². The number of aromatic nitrogens is 6. The highest BCUT2D eigenvalue weighted by Gasteiger charge is 2.41. The molecule has 0 aliphatic heterocycles. The second-order valence-electron chi connectivity index (χ2n) is 7.12. The number of nitrogens with zero attached hydrogens (tertiary/aromatic N) is 7. The first-order chi connectivity index (χ1) is 15.2. The predicted octanol–water partition coefficient (Wildman–Crippen LogP) is 1.72. The van der Waals surface area contributed by atoms with Gasteiger partial charge in [-0.05, 0) is 19.1 Å². The Kier molecular flexibility index (Phi) is 5.18. The monoisotopic (exact) mass is 443 g/mol. The number of nitro groups is 1. The van der Waals surface area contributed by atoms with Crippen molar-refractivity contribution in [2.24, 2.45) is 0 Å². The Balaban J connectivity index is 1.87. The van der Waals surface area contributed by atoms with E-state index in [1.54, 1.807) is 0 Å². The van der Waals surface area contributed by atoms with E-state index in [-0.39, 0.29) is 28.7 Å². The lowest BCUT2D eigenvalue weighted by atomic mass is 9.86. The highest BCUT2D eigenvalue weighted by atomic mass is 19.1. The first-order valence-electron chi connectivity index (χ1n) is 9.24. The predicted molar refractivity (Wildman–Crippen MR) is 105 cm³/mol. The first-order valence-corrected chi connectivity index (χ1v) is 9.24. The van der Waals surface area contributed by atoms with E-state index in [0.717, 1.165) is 28.9 Å². The molecular weight excluding hydrogens is 428 g/mol. The molecule has 11 nitrogen and oxygen atoms in total. The lowest BCUT2D eigenvalue weighted by Crippen LogP contribution is -2.44. The van der Waals surface area contributed by atoms with Crippen molar-refractivity contribution in [3.8, 4) is 0 Å². The Labute approximate surface area is 177 Å². The van der Waals surface area contributed by atoms with Crippen molar-refractivity contribution in [1.29, 1.82) is 0 Å². The summed E-state index contributed by atoms with van der Waals surface area (Å²) in [5, 5.41) is 34.1. The zero-order valence-electron chi connectivity index (χ0n) is 16.5. The molecule has 0 spiro atoms. The van der Waals surface area contributed by atoms with Gasteiger partial charge in [-0.3, -0.25) is 14.9 Å². The lowest BCUT2D eigenvalue weighted by molar-refractivity contribution is -0.384. The molecule has 164 valence electrons. The van der Waals surface area contributed by atoms with Crippen molar-refractivity contribution in [2.45, 2.75) is 25.1 Å². The minimum Gasteiger partial charge on any atom is -0.381 e. The molecule has 0 amide bonds. The van der Waals surface area contributed by atoms with Crippen LogP contribution in [0.5, 0.6) is 0 Å². The molecule has 2 aromatic carbocycles. The van der Waals surface area contributed by atoms with Crippen LogP contribution in [0.2, 0.25) is 0 Å². The van der Waals surface area contributed by atoms with Crippen molar-refractivity contribution in [2.75, 3.05) is 0 Å². The summed E-state index contributed by atoms with van der Waals surface area (Å²) in [5.41, 5.74) is -3.41. The lowest BCUT2D eigenvalue weighted by Gasteiger charge is -2.34. The van der Waals surface area contributed by atoms with E-state index in [4.69, 9.17) is 0 Å². The summed E-state index contributed by atoms with van der Waals surface area (Å²) in [6.07, 6.45) is 2.49. The maximum Gasteiger partial charge on any atom is 0.277 e. The summed E-state index contributed by atoms with van der Waals surface area (Å²) in [4.78, 5) is 27.2. The molecule has 32 heavy (non-hydrogen) atoms. The van der Waals surface area contributed by atoms with Crippen LogP contribution in [-0.4, -0.2) is 39.8 Å². The van der Waals surface area contributed by atoms with Gasteiger partial charge in [0.05, 0.1) is 22.9 Å². The summed E-state index contributed by atoms with van der Waals surface area (Å²) >= 11 is 0. The number of benzene rings is 2. The third-order valence-corrected chi connectivity index (χ3v) is 5.20. The van der Waals surface area contributed by atoms with Crippen LogP contribution < -0.4 is 5.56 Å². The van der Waals surface area contributed by atoms with Gasteiger partial charge in [0.2, 0.25) is 0 Å². The minimum absolute atomic E-state index is 0.0135. The standard InChI is InChI=1S/C19H15F2N7O4/c1-11(27-18(29)14-4-3-13(28(31)32)7-17(14)24-25-27)19(30,8-26-10-22-9-23-26)15-5-2-12(20)6-16(15)21/h2-7,9-11,30H,8H2,1H3. The molecule has 0 aliphatic carbocycles. The zero-order valence-corrected chi connectivity index (χ0v) is 16.5. The van der Waals surface area contributed by atoms with Gasteiger partial charge >= 0.3 is 0 Å². The summed E-state index contributed by atoms with van der Waals surface area (Å²) in [7, 11) is 0. The average Bonchev–Trinajstić information content (AvgIpc) is 3.25. The summed E-state index contributed by atoms with van der Waals surface area (Å²) in [6, 6.07) is 4.91. The van der Waals surface area contributed by atoms with Gasteiger partial charge in [-0.25, -0.2) is 23.1 Å². The van der Waals surface area contributed by atoms with Gasteiger partial charge in [0, 0.05) is 23.8 Å². The van der Waals surface area contributed by atoms with Crippen LogP contribution in [0.3, 0.4) is 0 Å². The summed E-state index contributed by atoms with van der Waals surface area (Å²) in [6.45, 7) is 1.07. The number of hydrogen-bond acceptors (Lipinski definition) is 8. The Hall–Kier alpha value is -4.13. The fourth-order valence-corrected chi connectivity index (χ4v) is 3.46. The highest BCUT2D eigenvalue weighted by Crippen LogP contribution is 2.35. The molecule has 13 heteroatoms. The number of nitro benzene ring substituents is 1. The Bertz CT molecular complexity index is 1380. The molecule has 2 heterocycles. The summed E-state index contributed by atoms with van der Waals surface area (Å²) < 4.78 is 30.2. The Morgan fingerprint density at radius 3 is 2.69 bits per heavy atom. The number of hydrogen-bond donors (Lipinski definition) is 1. The normalized spacial score (nSPS) is 14.2. The van der Waals surface area contributed by atoms with E-state index < -0.39 is 33.8 Å². The van der Waals surface area contributed by atoms with Crippen LogP contribution in [0.15, 0.2) is 53.8 Å². The fourth-order valence-electron chi connectivity index (χ4n) is 3.46. The minimum atomic E-state index is -2.13. The molecule has 0 saturated heterocycles. The smallest absolute Gasteiger partial charge is 0.277 e. The van der Waals surface area contributed by atoms with Crippen LogP contribution in [0.25, 0.3) is 10.9 Å². The third-order valence-electron chi connectivity index (χ3n) is 5.20. The van der Waals surface area contributed by atoms with Crippen LogP contribution >= 0.6 is 0 Å². The second kappa shape index (κ2) is 7.85. The number of rotatable bonds is 6. The van der Waals surface area contributed by atoms with E-state index in [0.29, 0.717) is 6.07 Å². The molecule has 0 saturated carbocycles. The summed E-state index contributed by atoms with van der Waals surface area (Å²) in [5.74, 6) is -1.87. The largest absolute Gasteiger partial charge is 0.381 e. The maximum absolute atomic E-state index is 14.7. The second-order valence-corrected chi connectivity index (χ2v) is 7.12. The molecule has 1 N–H and O–H groups in total. The molecule has 0 aliphatic rings. The van der Waals surface area contributed by atoms with Gasteiger partial charge in [-0.2, -0.15) is 5.10 Å². The van der Waals surface area contributed by atoms with E-state index in [1.165, 1.54) is 30.3 Å². The van der Waals surface area contributed by atoms with Crippen molar-refractivity contribution >= 4 is 16.6 Å². The SMILES string of the molecule is CC(n1nnc2cc([N+](=O)[O-])ccc2c1=O)C(O)(Cn1cncn1)c1ccc(F)cc1F. The van der Waals surface area contributed by atoms with Crippen molar-refractivity contribution in [3.63, 3.8) is 0 Å². The Morgan fingerprint density at radius 1 is 1.25 bits per heavy atom. The number of non-ortho nitro benzene ring substituents is 1. The third kappa shape index (κ3) is 3.58. The van der Waals surface area contributed by atoms with E-state index in [9.17, 15) is 28.8 Å². The van der Waals surface area contributed by atoms with Gasteiger partial charge in [-0.1, -0.05) is 11.3 Å². The molecule has 2 atom stereocenters. The maximum atomic E-state index is 14.7. The molecule has 4 aromatic rings. The van der Waals surface area contributed by atoms with Gasteiger partial charge in [-0.15, -0.1) is 5.10 Å². The molecule has 4 rings (SSSR count). The molecule has 0 bridgehead atoms. The average molecular weight is 443 g/mol. The molecule has 2 unspecified atom stereocenters. The van der Waals surface area contributed by atoms with E-state index in [2.05, 4.69) is 20.4 Å².